The van der Waals surface area contributed by atoms with Crippen LogP contribution in [0, 0.1) is 0 Å². The maximum absolute atomic E-state index is 15.1. The van der Waals surface area contributed by atoms with Crippen molar-refractivity contribution in [2.24, 2.45) is 0 Å². The Labute approximate surface area is 617 Å². The Hall–Kier alpha value is -1.70. The number of unbranched alkanes of at least 4 members (excludes halogenated alkanes) is 55. The average Bonchev–Trinajstić information content (AvgIpc) is 1.72. The molecule has 5 unspecified atom stereocenters. The van der Waals surface area contributed by atoms with Gasteiger partial charge in [0.25, 0.3) is 0 Å². The Morgan fingerprint density at radius 2 is 0.556 bits per heavy atom. The normalized spacial score (nSPS) is 20.2. The summed E-state index contributed by atoms with van der Waals surface area (Å²) in [5, 5.41) is 36.7. The maximum atomic E-state index is 15.1. The van der Waals surface area contributed by atoms with Gasteiger partial charge >= 0.3 is 447 Å². The first-order valence-corrected chi connectivity index (χ1v) is 53.5. The molecule has 15 nitrogen and oxygen atoms in total. The molecule has 0 aliphatic carbocycles. The van der Waals surface area contributed by atoms with Crippen LogP contribution >= 0.6 is 0 Å². The molecule has 0 aromatic heterocycles. The molecule has 3 N–H and O–H groups in total. The third-order valence-electron chi connectivity index (χ3n) is 21.0. The fraction of sp³-hybridized carbons (Fsp3) is 0.927. The van der Waals surface area contributed by atoms with E-state index in [1.807, 2.05) is 0 Å². The zero-order valence-electron chi connectivity index (χ0n) is 64.8. The molecule has 0 bridgehead atoms. The van der Waals surface area contributed by atoms with Crippen LogP contribution in [0.5, 0.6) is 0 Å². The molecule has 0 amide bonds. The molecule has 580 valence electrons. The van der Waals surface area contributed by atoms with E-state index in [9.17, 15) is 39.3 Å². The summed E-state index contributed by atoms with van der Waals surface area (Å²) in [4.78, 5) is 86.4. The summed E-state index contributed by atoms with van der Waals surface area (Å²) in [6, 6.07) is 0. The second-order valence-corrected chi connectivity index (χ2v) is 44.9. The molecule has 5 atom stereocenters. The molecule has 2 rings (SSSR count). The van der Waals surface area contributed by atoms with Crippen LogP contribution in [0.3, 0.4) is 0 Å². The number of hydrogen-bond donors (Lipinski definition) is 3. The number of carbonyl (C=O) groups excluding carboxylic acids is 6. The summed E-state index contributed by atoms with van der Waals surface area (Å²) >= 11 is -11.6. The van der Waals surface area contributed by atoms with Gasteiger partial charge in [0.2, 0.25) is 0 Å². The molecule has 2 fully saturated rings. The second kappa shape index (κ2) is 60.4. The predicted octanol–water partition coefficient (Wildman–Crippen LogP) is 23.2. The SMILES string of the molecule is CCCCCCCCCCCCCCCCCCC1(O)CC(=O)[O][Sn]([CH2]CCCCCCC)([O]C(=O)CC(O)(CCCCCCCCCCCCCCCCCC)C(=O)[O][Sn]2([CH2]CCCCCCC)[O]C(=O)CC(O)(CCCCCCCCCCCCCCCCCC)C(=O)[O]2)[O]C1=O. The van der Waals surface area contributed by atoms with Crippen LogP contribution in [-0.2, 0) is 47.2 Å². The molecular formula is C82H154O15Sn2. The van der Waals surface area contributed by atoms with Crippen molar-refractivity contribution in [2.45, 2.75) is 484 Å². The summed E-state index contributed by atoms with van der Waals surface area (Å²) in [6.45, 7) is 11.0. The predicted molar refractivity (Wildman–Crippen MR) is 406 cm³/mol. The van der Waals surface area contributed by atoms with Crippen LogP contribution in [0.15, 0.2) is 0 Å². The topological polar surface area (TPSA) is 218 Å². The van der Waals surface area contributed by atoms with E-state index in [0.717, 1.165) is 128 Å². The van der Waals surface area contributed by atoms with Crippen molar-refractivity contribution in [3.63, 3.8) is 0 Å². The van der Waals surface area contributed by atoms with Gasteiger partial charge in [-0.05, 0) is 0 Å². The molecule has 0 radical (unpaired) electrons. The first kappa shape index (κ1) is 93.4. The van der Waals surface area contributed by atoms with Crippen molar-refractivity contribution in [1.82, 2.24) is 0 Å². The van der Waals surface area contributed by atoms with Crippen molar-refractivity contribution in [2.75, 3.05) is 0 Å². The van der Waals surface area contributed by atoms with E-state index in [1.54, 1.807) is 0 Å². The van der Waals surface area contributed by atoms with Crippen molar-refractivity contribution in [1.29, 1.82) is 0 Å². The van der Waals surface area contributed by atoms with E-state index in [1.165, 1.54) is 205 Å². The Bertz CT molecular complexity index is 2050. The van der Waals surface area contributed by atoms with E-state index < -0.39 is 111 Å². The molecule has 0 spiro atoms. The van der Waals surface area contributed by atoms with Crippen molar-refractivity contribution in [3.05, 3.63) is 0 Å². The first-order valence-electron chi connectivity index (χ1n) is 42.5. The van der Waals surface area contributed by atoms with Gasteiger partial charge in [0.05, 0.1) is 0 Å². The standard InChI is InChI=1S/3C22H42O5.2C8H17.2Sn/c3*1-2-3-4-5-6-7-8-9-10-11-12-13-14-15-16-17-18-22(27,21(25)26)19-20(23)24;2*1-3-5-7-8-6-4-2;;/h3*27H,2-19H2,1H3,(H,23,24)(H,25,26);2*1,3-8H2,2H3;;/q;;;;;2*+3/p-6. The van der Waals surface area contributed by atoms with E-state index in [4.69, 9.17) is 18.4 Å². The van der Waals surface area contributed by atoms with Crippen LogP contribution in [0.25, 0.3) is 0 Å². The van der Waals surface area contributed by atoms with Crippen LogP contribution < -0.4 is 0 Å². The summed E-state index contributed by atoms with van der Waals surface area (Å²) in [6.07, 6.45) is 61.9. The van der Waals surface area contributed by atoms with Gasteiger partial charge < -0.3 is 0 Å². The Kier molecular flexibility index (Phi) is 57.0. The Morgan fingerprint density at radius 3 is 0.818 bits per heavy atom. The third kappa shape index (κ3) is 46.1. The second-order valence-electron chi connectivity index (χ2n) is 30.8. The first-order chi connectivity index (χ1) is 48.0. The van der Waals surface area contributed by atoms with Gasteiger partial charge in [-0.2, -0.15) is 0 Å². The molecule has 2 saturated heterocycles. The molecule has 99 heavy (non-hydrogen) atoms. The molecule has 0 saturated carbocycles. The van der Waals surface area contributed by atoms with Gasteiger partial charge in [-0.15, -0.1) is 0 Å². The van der Waals surface area contributed by atoms with Crippen LogP contribution in [0.4, 0.5) is 0 Å². The van der Waals surface area contributed by atoms with E-state index in [0.29, 0.717) is 44.9 Å². The molecule has 2 aliphatic rings. The molecule has 17 heteroatoms. The van der Waals surface area contributed by atoms with Gasteiger partial charge in [-0.1, -0.05) is 175 Å². The van der Waals surface area contributed by atoms with Gasteiger partial charge in [-0.25, -0.2) is 0 Å². The molecular weight excluding hydrogens is 1460 g/mol. The van der Waals surface area contributed by atoms with Crippen LogP contribution in [-0.4, -0.2) is 107 Å². The average molecular weight is 1620 g/mol. The molecule has 2 heterocycles. The minimum absolute atomic E-state index is 0.0321. The minimum atomic E-state index is -5.83. The van der Waals surface area contributed by atoms with Gasteiger partial charge in [0, 0.05) is 0 Å². The number of rotatable bonds is 70. The van der Waals surface area contributed by atoms with Gasteiger partial charge in [0.1, 0.15) is 0 Å². The van der Waals surface area contributed by atoms with E-state index in [2.05, 4.69) is 34.6 Å². The zero-order valence-corrected chi connectivity index (χ0v) is 70.5. The summed E-state index contributed by atoms with van der Waals surface area (Å²) in [5.74, 6) is -6.44. The number of carbonyl (C=O) groups is 6. The zero-order chi connectivity index (χ0) is 72.3. The van der Waals surface area contributed by atoms with E-state index in [-0.39, 0.29) is 34.6 Å². The summed E-state index contributed by atoms with van der Waals surface area (Å²) in [7, 11) is 0. The molecule has 0 aromatic rings. The van der Waals surface area contributed by atoms with Gasteiger partial charge in [-0.3, -0.25) is 0 Å². The summed E-state index contributed by atoms with van der Waals surface area (Å²) in [5.41, 5.74) is -7.03. The van der Waals surface area contributed by atoms with Crippen molar-refractivity contribution >= 4 is 75.1 Å². The van der Waals surface area contributed by atoms with Crippen LogP contribution in [0.1, 0.15) is 458 Å². The quantitative estimate of drug-likeness (QED) is 0.0381. The number of aliphatic hydroxyl groups is 3. The Balaban J connectivity index is 2.30. The molecule has 2 aliphatic heterocycles. The number of hydrogen-bond acceptors (Lipinski definition) is 15. The monoisotopic (exact) mass is 1620 g/mol. The fourth-order valence-corrected chi connectivity index (χ4v) is 28.4. The Morgan fingerprint density at radius 1 is 0.333 bits per heavy atom. The van der Waals surface area contributed by atoms with Crippen LogP contribution in [0.2, 0.25) is 8.87 Å². The van der Waals surface area contributed by atoms with Crippen molar-refractivity contribution < 1.29 is 62.5 Å². The summed E-state index contributed by atoms with van der Waals surface area (Å²) < 4.78 is 36.6. The van der Waals surface area contributed by atoms with Crippen molar-refractivity contribution in [3.8, 4) is 0 Å². The van der Waals surface area contributed by atoms with Gasteiger partial charge in [0.15, 0.2) is 0 Å². The fourth-order valence-electron chi connectivity index (χ4n) is 14.4. The van der Waals surface area contributed by atoms with E-state index >= 15 is 4.79 Å². The molecule has 0 aromatic carbocycles. The third-order valence-corrected chi connectivity index (χ3v) is 35.4.